The van der Waals surface area contributed by atoms with E-state index in [4.69, 9.17) is 4.74 Å². The van der Waals surface area contributed by atoms with E-state index in [-0.39, 0.29) is 0 Å². The lowest BCUT2D eigenvalue weighted by Crippen LogP contribution is -2.19. The summed E-state index contributed by atoms with van der Waals surface area (Å²) in [6.45, 7) is 3.60. The molecule has 0 N–H and O–H groups in total. The Bertz CT molecular complexity index is 476. The summed E-state index contributed by atoms with van der Waals surface area (Å²) in [4.78, 5) is 2.09. The number of hydrogen-bond donors (Lipinski definition) is 0. The number of hydrogen-bond acceptors (Lipinski definition) is 3. The zero-order chi connectivity index (χ0) is 11.5. The Morgan fingerprint density at radius 3 is 2.88 bits per heavy atom. The first kappa shape index (κ1) is 11.0. The van der Waals surface area contributed by atoms with E-state index in [2.05, 4.69) is 10.00 Å². The van der Waals surface area contributed by atoms with E-state index in [9.17, 15) is 0 Å². The number of rotatable bonds is 4. The molecule has 86 valence electrons. The lowest BCUT2D eigenvalue weighted by Gasteiger charge is -2.09. The van der Waals surface area contributed by atoms with Crippen LogP contribution in [-0.2, 0) is 0 Å². The molecule has 2 rings (SSSR count). The summed E-state index contributed by atoms with van der Waals surface area (Å²) in [5.74, 6) is 0.730. The van der Waals surface area contributed by atoms with E-state index >= 15 is 0 Å². The summed E-state index contributed by atoms with van der Waals surface area (Å²) in [5.41, 5.74) is 2.20. The predicted octanol–water partition coefficient (Wildman–Crippen LogP) is 1.58. The second-order valence-corrected chi connectivity index (χ2v) is 4.11. The molecule has 0 aliphatic carbocycles. The van der Waals surface area contributed by atoms with Crippen LogP contribution in [0.3, 0.4) is 0 Å². The van der Waals surface area contributed by atoms with Crippen molar-refractivity contribution in [2.75, 3.05) is 27.2 Å². The third-order valence-corrected chi connectivity index (χ3v) is 2.52. The van der Waals surface area contributed by atoms with Crippen LogP contribution in [0.25, 0.3) is 5.52 Å². The quantitative estimate of drug-likeness (QED) is 0.782. The minimum absolute atomic E-state index is 0.664. The van der Waals surface area contributed by atoms with Crippen LogP contribution in [0.15, 0.2) is 24.4 Å². The van der Waals surface area contributed by atoms with Crippen LogP contribution in [0.5, 0.6) is 5.88 Å². The van der Waals surface area contributed by atoms with Gasteiger partial charge in [0.2, 0.25) is 5.88 Å². The van der Waals surface area contributed by atoms with Gasteiger partial charge in [-0.1, -0.05) is 6.07 Å². The molecule has 2 aromatic heterocycles. The van der Waals surface area contributed by atoms with Crippen LogP contribution in [0.1, 0.15) is 5.56 Å². The molecule has 0 saturated heterocycles. The maximum Gasteiger partial charge on any atom is 0.236 e. The minimum atomic E-state index is 0.664. The molecule has 0 aromatic carbocycles. The van der Waals surface area contributed by atoms with Gasteiger partial charge < -0.3 is 9.64 Å². The Kier molecular flexibility index (Phi) is 3.10. The van der Waals surface area contributed by atoms with Crippen molar-refractivity contribution in [2.24, 2.45) is 0 Å². The van der Waals surface area contributed by atoms with Gasteiger partial charge in [0.25, 0.3) is 0 Å². The average Bonchev–Trinajstić information content (AvgIpc) is 2.56. The highest BCUT2D eigenvalue weighted by Gasteiger charge is 2.08. The number of nitrogens with zero attached hydrogens (tertiary/aromatic N) is 3. The molecule has 0 amide bonds. The van der Waals surface area contributed by atoms with Crippen molar-refractivity contribution in [3.05, 3.63) is 30.0 Å². The van der Waals surface area contributed by atoms with Crippen LogP contribution in [0.4, 0.5) is 0 Å². The molecule has 0 aliphatic heterocycles. The van der Waals surface area contributed by atoms with Gasteiger partial charge in [0, 0.05) is 18.3 Å². The van der Waals surface area contributed by atoms with Crippen molar-refractivity contribution in [2.45, 2.75) is 6.92 Å². The van der Waals surface area contributed by atoms with E-state index in [0.717, 1.165) is 23.5 Å². The first-order chi connectivity index (χ1) is 7.68. The van der Waals surface area contributed by atoms with Crippen molar-refractivity contribution >= 4 is 5.52 Å². The van der Waals surface area contributed by atoms with E-state index in [1.807, 2.05) is 49.9 Å². The number of aromatic nitrogens is 2. The van der Waals surface area contributed by atoms with Gasteiger partial charge in [0.15, 0.2) is 0 Å². The van der Waals surface area contributed by atoms with Gasteiger partial charge in [0.05, 0.1) is 5.52 Å². The lowest BCUT2D eigenvalue weighted by atomic mass is 10.3. The monoisotopic (exact) mass is 219 g/mol. The molecule has 2 heterocycles. The molecule has 0 radical (unpaired) electrons. The first-order valence-electron chi connectivity index (χ1n) is 5.40. The second kappa shape index (κ2) is 4.53. The van der Waals surface area contributed by atoms with E-state index in [1.165, 1.54) is 0 Å². The normalized spacial score (nSPS) is 11.2. The molecule has 0 fully saturated rings. The van der Waals surface area contributed by atoms with Crippen molar-refractivity contribution in [1.82, 2.24) is 14.5 Å². The Labute approximate surface area is 95.4 Å². The standard InChI is InChI=1S/C12H17N3O/c1-10-11-6-4-5-7-15(11)13-12(10)16-9-8-14(2)3/h4-7H,8-9H2,1-3H3. The fraction of sp³-hybridized carbons (Fsp3) is 0.417. The molecule has 0 saturated carbocycles. The summed E-state index contributed by atoms with van der Waals surface area (Å²) in [6, 6.07) is 6.01. The molecule has 4 nitrogen and oxygen atoms in total. The third-order valence-electron chi connectivity index (χ3n) is 2.52. The maximum atomic E-state index is 5.66. The van der Waals surface area contributed by atoms with Crippen LogP contribution >= 0.6 is 0 Å². The molecule has 4 heteroatoms. The van der Waals surface area contributed by atoms with Gasteiger partial charge in [0.1, 0.15) is 6.61 Å². The van der Waals surface area contributed by atoms with E-state index < -0.39 is 0 Å². The van der Waals surface area contributed by atoms with Crippen LogP contribution in [0, 0.1) is 6.92 Å². The van der Waals surface area contributed by atoms with Gasteiger partial charge in [-0.15, -0.1) is 5.10 Å². The molecule has 0 spiro atoms. The van der Waals surface area contributed by atoms with Crippen LogP contribution in [-0.4, -0.2) is 41.8 Å². The highest BCUT2D eigenvalue weighted by molar-refractivity contribution is 5.57. The van der Waals surface area contributed by atoms with Gasteiger partial charge in [-0.25, -0.2) is 4.52 Å². The molecule has 0 aliphatic rings. The van der Waals surface area contributed by atoms with Gasteiger partial charge in [-0.05, 0) is 33.2 Å². The predicted molar refractivity (Wildman–Crippen MR) is 64.0 cm³/mol. The minimum Gasteiger partial charge on any atom is -0.475 e. The fourth-order valence-corrected chi connectivity index (χ4v) is 1.56. The molecule has 16 heavy (non-hydrogen) atoms. The van der Waals surface area contributed by atoms with Crippen LogP contribution < -0.4 is 4.74 Å². The first-order valence-corrected chi connectivity index (χ1v) is 5.40. The third kappa shape index (κ3) is 2.17. The molecule has 0 atom stereocenters. The average molecular weight is 219 g/mol. The zero-order valence-corrected chi connectivity index (χ0v) is 9.97. The highest BCUT2D eigenvalue weighted by Crippen LogP contribution is 2.20. The number of ether oxygens (including phenoxy) is 1. The second-order valence-electron chi connectivity index (χ2n) is 4.11. The molecular weight excluding hydrogens is 202 g/mol. The van der Waals surface area contributed by atoms with Crippen LogP contribution in [0.2, 0.25) is 0 Å². The summed E-state index contributed by atoms with van der Waals surface area (Å²) >= 11 is 0. The summed E-state index contributed by atoms with van der Waals surface area (Å²) in [7, 11) is 4.06. The number of likely N-dealkylation sites (N-methyl/N-ethyl adjacent to an activating group) is 1. The fourth-order valence-electron chi connectivity index (χ4n) is 1.56. The molecule has 0 bridgehead atoms. The molecule has 0 unspecified atom stereocenters. The molecule has 2 aromatic rings. The van der Waals surface area contributed by atoms with Gasteiger partial charge in [-0.2, -0.15) is 0 Å². The van der Waals surface area contributed by atoms with E-state index in [1.54, 1.807) is 0 Å². The van der Waals surface area contributed by atoms with Crippen molar-refractivity contribution in [1.29, 1.82) is 0 Å². The number of aryl methyl sites for hydroxylation is 1. The Morgan fingerprint density at radius 2 is 2.19 bits per heavy atom. The zero-order valence-electron chi connectivity index (χ0n) is 9.97. The van der Waals surface area contributed by atoms with Crippen molar-refractivity contribution in [3.8, 4) is 5.88 Å². The van der Waals surface area contributed by atoms with Gasteiger partial charge in [-0.3, -0.25) is 0 Å². The van der Waals surface area contributed by atoms with Gasteiger partial charge >= 0.3 is 0 Å². The smallest absolute Gasteiger partial charge is 0.236 e. The summed E-state index contributed by atoms with van der Waals surface area (Å²) in [5, 5.41) is 4.39. The Balaban J connectivity index is 2.15. The lowest BCUT2D eigenvalue weighted by molar-refractivity contribution is 0.252. The summed E-state index contributed by atoms with van der Waals surface area (Å²) in [6.07, 6.45) is 1.93. The molecular formula is C12H17N3O. The Morgan fingerprint density at radius 1 is 1.38 bits per heavy atom. The highest BCUT2D eigenvalue weighted by atomic mass is 16.5. The van der Waals surface area contributed by atoms with E-state index in [0.29, 0.717) is 6.61 Å². The maximum absolute atomic E-state index is 5.66. The largest absolute Gasteiger partial charge is 0.475 e. The SMILES string of the molecule is Cc1c(OCCN(C)C)nn2ccccc12. The van der Waals surface area contributed by atoms with Crippen molar-refractivity contribution in [3.63, 3.8) is 0 Å². The van der Waals surface area contributed by atoms with Crippen molar-refractivity contribution < 1.29 is 4.74 Å². The topological polar surface area (TPSA) is 29.8 Å². The number of fused-ring (bicyclic) bond motifs is 1. The summed E-state index contributed by atoms with van der Waals surface area (Å²) < 4.78 is 7.51. The number of pyridine rings is 1. The Hall–Kier alpha value is -1.55.